The fraction of sp³-hybridized carbons (Fsp3) is 0.385. The van der Waals surface area contributed by atoms with E-state index in [1.54, 1.807) is 12.3 Å². The van der Waals surface area contributed by atoms with Gasteiger partial charge in [0.25, 0.3) is 5.91 Å². The van der Waals surface area contributed by atoms with Crippen molar-refractivity contribution in [3.05, 3.63) is 30.1 Å². The largest absolute Gasteiger partial charge is 0.364 e. The monoisotopic (exact) mass is 231 g/mol. The van der Waals surface area contributed by atoms with Crippen LogP contribution in [-0.2, 0) is 6.54 Å². The summed E-state index contributed by atoms with van der Waals surface area (Å²) in [7, 11) is 0. The lowest BCUT2D eigenvalue weighted by atomic mass is 10.2. The third-order valence-corrected chi connectivity index (χ3v) is 2.91. The number of carbonyl (C=O) groups excluding carboxylic acids is 1. The molecule has 0 aromatic carbocycles. The Hall–Kier alpha value is -1.84. The number of aromatic nitrogens is 2. The molecule has 0 radical (unpaired) electrons. The summed E-state index contributed by atoms with van der Waals surface area (Å²) in [6.07, 6.45) is 5.08. The smallest absolute Gasteiger partial charge is 0.265 e. The average molecular weight is 231 g/mol. The number of nitrogens with zero attached hydrogens (tertiary/aromatic N) is 2. The van der Waals surface area contributed by atoms with Crippen molar-refractivity contribution in [3.8, 4) is 0 Å². The molecule has 17 heavy (non-hydrogen) atoms. The fourth-order valence-corrected chi connectivity index (χ4v) is 2.05. The molecule has 2 rings (SSSR count). The molecule has 1 amide bonds. The van der Waals surface area contributed by atoms with Gasteiger partial charge in [0, 0.05) is 12.7 Å². The quantitative estimate of drug-likeness (QED) is 0.803. The van der Waals surface area contributed by atoms with Crippen molar-refractivity contribution in [1.82, 2.24) is 9.55 Å². The van der Waals surface area contributed by atoms with E-state index in [9.17, 15) is 4.79 Å². The molecule has 4 heteroatoms. The van der Waals surface area contributed by atoms with Gasteiger partial charge in [0.15, 0.2) is 0 Å². The summed E-state index contributed by atoms with van der Waals surface area (Å²) in [5.74, 6) is -0.389. The van der Waals surface area contributed by atoms with Gasteiger partial charge in [-0.3, -0.25) is 9.78 Å². The van der Waals surface area contributed by atoms with Gasteiger partial charge in [-0.15, -0.1) is 0 Å². The zero-order chi connectivity index (χ0) is 12.3. The predicted octanol–water partition coefficient (Wildman–Crippen LogP) is 2.33. The highest BCUT2D eigenvalue weighted by Crippen LogP contribution is 2.18. The highest BCUT2D eigenvalue weighted by molar-refractivity contribution is 5.96. The van der Waals surface area contributed by atoms with Crippen molar-refractivity contribution in [3.63, 3.8) is 0 Å². The van der Waals surface area contributed by atoms with Gasteiger partial charge in [0.2, 0.25) is 0 Å². The molecule has 0 atom stereocenters. The molecule has 0 unspecified atom stereocenters. The first-order valence-corrected chi connectivity index (χ1v) is 5.98. The second kappa shape index (κ2) is 4.99. The lowest BCUT2D eigenvalue weighted by molar-refractivity contribution is 0.0991. The Morgan fingerprint density at radius 3 is 3.00 bits per heavy atom. The number of hydrogen-bond donors (Lipinski definition) is 1. The van der Waals surface area contributed by atoms with Crippen LogP contribution in [0.4, 0.5) is 0 Å². The van der Waals surface area contributed by atoms with Crippen LogP contribution in [0.1, 0.15) is 36.7 Å². The second-order valence-electron chi connectivity index (χ2n) is 4.16. The van der Waals surface area contributed by atoms with Gasteiger partial charge in [0.1, 0.15) is 5.69 Å². The Morgan fingerprint density at radius 1 is 1.47 bits per heavy atom. The Bertz CT molecular complexity index is 530. The molecule has 0 saturated heterocycles. The van der Waals surface area contributed by atoms with Crippen molar-refractivity contribution in [2.75, 3.05) is 0 Å². The SMILES string of the molecule is CCCCCn1c(C(N)=O)cc2ncccc21. The summed E-state index contributed by atoms with van der Waals surface area (Å²) < 4.78 is 1.97. The number of primary amides is 1. The molecule has 0 saturated carbocycles. The van der Waals surface area contributed by atoms with E-state index >= 15 is 0 Å². The van der Waals surface area contributed by atoms with E-state index in [4.69, 9.17) is 5.73 Å². The fourth-order valence-electron chi connectivity index (χ4n) is 2.05. The molecule has 0 aliphatic rings. The van der Waals surface area contributed by atoms with Crippen LogP contribution >= 0.6 is 0 Å². The van der Waals surface area contributed by atoms with Gasteiger partial charge in [0.05, 0.1) is 11.0 Å². The van der Waals surface area contributed by atoms with Gasteiger partial charge in [-0.05, 0) is 24.6 Å². The Morgan fingerprint density at radius 2 is 2.29 bits per heavy atom. The Balaban J connectivity index is 2.41. The number of rotatable bonds is 5. The first kappa shape index (κ1) is 11.6. The van der Waals surface area contributed by atoms with Gasteiger partial charge in [-0.25, -0.2) is 0 Å². The number of amides is 1. The maximum Gasteiger partial charge on any atom is 0.265 e. The summed E-state index contributed by atoms with van der Waals surface area (Å²) >= 11 is 0. The van der Waals surface area contributed by atoms with Crippen molar-refractivity contribution < 1.29 is 4.79 Å². The summed E-state index contributed by atoms with van der Waals surface area (Å²) in [5, 5.41) is 0. The first-order chi connectivity index (χ1) is 8.24. The molecule has 0 aliphatic heterocycles. The van der Waals surface area contributed by atoms with Crippen molar-refractivity contribution >= 4 is 16.9 Å². The van der Waals surface area contributed by atoms with Gasteiger partial charge < -0.3 is 10.3 Å². The standard InChI is InChI=1S/C13H17N3O/c1-2-3-4-8-16-11-6-5-7-15-10(11)9-12(16)13(14)17/h5-7,9H,2-4,8H2,1H3,(H2,14,17). The Kier molecular flexibility index (Phi) is 3.42. The van der Waals surface area contributed by atoms with Crippen molar-refractivity contribution in [2.24, 2.45) is 5.73 Å². The van der Waals surface area contributed by atoms with E-state index in [0.29, 0.717) is 5.69 Å². The number of unbranched alkanes of at least 4 members (excludes halogenated alkanes) is 2. The minimum absolute atomic E-state index is 0.389. The molecule has 0 spiro atoms. The van der Waals surface area contributed by atoms with E-state index < -0.39 is 0 Å². The van der Waals surface area contributed by atoms with E-state index in [-0.39, 0.29) is 5.91 Å². The molecule has 2 N–H and O–H groups in total. The summed E-state index contributed by atoms with van der Waals surface area (Å²) in [6, 6.07) is 5.62. The lowest BCUT2D eigenvalue weighted by Crippen LogP contribution is -2.16. The van der Waals surface area contributed by atoms with E-state index in [2.05, 4.69) is 11.9 Å². The van der Waals surface area contributed by atoms with E-state index in [0.717, 1.165) is 36.8 Å². The molecular formula is C13H17N3O. The van der Waals surface area contributed by atoms with Crippen LogP contribution in [0.15, 0.2) is 24.4 Å². The van der Waals surface area contributed by atoms with Gasteiger partial charge in [-0.1, -0.05) is 19.8 Å². The van der Waals surface area contributed by atoms with Gasteiger partial charge >= 0.3 is 0 Å². The van der Waals surface area contributed by atoms with Crippen LogP contribution in [0.5, 0.6) is 0 Å². The minimum atomic E-state index is -0.389. The predicted molar refractivity (Wildman–Crippen MR) is 67.8 cm³/mol. The zero-order valence-electron chi connectivity index (χ0n) is 10.0. The molecule has 0 aliphatic carbocycles. The number of hydrogen-bond acceptors (Lipinski definition) is 2. The van der Waals surface area contributed by atoms with Crippen molar-refractivity contribution in [1.29, 1.82) is 0 Å². The van der Waals surface area contributed by atoms with E-state index in [1.165, 1.54) is 0 Å². The van der Waals surface area contributed by atoms with Crippen LogP contribution in [0.2, 0.25) is 0 Å². The molecule has 2 aromatic rings. The molecule has 90 valence electrons. The van der Waals surface area contributed by atoms with Crippen LogP contribution in [0.3, 0.4) is 0 Å². The topological polar surface area (TPSA) is 60.9 Å². The van der Waals surface area contributed by atoms with Crippen molar-refractivity contribution in [2.45, 2.75) is 32.7 Å². The summed E-state index contributed by atoms with van der Waals surface area (Å²) in [5.41, 5.74) is 7.76. The first-order valence-electron chi connectivity index (χ1n) is 5.98. The number of aryl methyl sites for hydroxylation is 1. The molecular weight excluding hydrogens is 214 g/mol. The third-order valence-electron chi connectivity index (χ3n) is 2.91. The van der Waals surface area contributed by atoms with Crippen LogP contribution in [0.25, 0.3) is 11.0 Å². The lowest BCUT2D eigenvalue weighted by Gasteiger charge is -2.07. The van der Waals surface area contributed by atoms with Gasteiger partial charge in [-0.2, -0.15) is 0 Å². The highest BCUT2D eigenvalue weighted by atomic mass is 16.1. The van der Waals surface area contributed by atoms with Crippen LogP contribution < -0.4 is 5.73 Å². The van der Waals surface area contributed by atoms with Crippen LogP contribution in [0, 0.1) is 0 Å². The normalized spacial score (nSPS) is 10.9. The second-order valence-corrected chi connectivity index (χ2v) is 4.16. The molecule has 0 fully saturated rings. The summed E-state index contributed by atoms with van der Waals surface area (Å²) in [4.78, 5) is 15.6. The summed E-state index contributed by atoms with van der Waals surface area (Å²) in [6.45, 7) is 2.98. The number of carbonyl (C=O) groups is 1. The number of pyridine rings is 1. The molecule has 2 heterocycles. The molecule has 4 nitrogen and oxygen atoms in total. The number of nitrogens with two attached hydrogens (primary N) is 1. The number of fused-ring (bicyclic) bond motifs is 1. The minimum Gasteiger partial charge on any atom is -0.364 e. The molecule has 2 aromatic heterocycles. The van der Waals surface area contributed by atoms with Crippen LogP contribution in [-0.4, -0.2) is 15.5 Å². The van der Waals surface area contributed by atoms with E-state index in [1.807, 2.05) is 16.7 Å². The maximum atomic E-state index is 11.4. The molecule has 0 bridgehead atoms. The average Bonchev–Trinajstić information content (AvgIpc) is 2.69. The third kappa shape index (κ3) is 2.30. The Labute approximate surface area is 100 Å². The zero-order valence-corrected chi connectivity index (χ0v) is 10.0. The maximum absolute atomic E-state index is 11.4. The highest BCUT2D eigenvalue weighted by Gasteiger charge is 2.12.